The van der Waals surface area contributed by atoms with E-state index in [-0.39, 0.29) is 11.7 Å². The van der Waals surface area contributed by atoms with Crippen LogP contribution in [0.15, 0.2) is 44.9 Å². The average molecular weight is 425 g/mol. The van der Waals surface area contributed by atoms with Gasteiger partial charge in [-0.05, 0) is 40.5 Å². The van der Waals surface area contributed by atoms with Crippen molar-refractivity contribution in [1.82, 2.24) is 0 Å². The molecule has 0 saturated carbocycles. The van der Waals surface area contributed by atoms with Crippen molar-refractivity contribution in [2.75, 3.05) is 14.2 Å². The van der Waals surface area contributed by atoms with E-state index in [2.05, 4.69) is 55.8 Å². The molecule has 1 rings (SSSR count). The molecule has 0 aromatic rings. The Labute approximate surface area is 167 Å². The zero-order chi connectivity index (χ0) is 20.1. The Kier molecular flexibility index (Phi) is 8.39. The van der Waals surface area contributed by atoms with Gasteiger partial charge in [0.2, 0.25) is 0 Å². The van der Waals surface area contributed by atoms with Crippen molar-refractivity contribution in [3.63, 3.8) is 0 Å². The fraction of sp³-hybridized carbons (Fsp3) is 0.591. The zero-order valence-electron chi connectivity index (χ0n) is 17.5. The van der Waals surface area contributed by atoms with Crippen molar-refractivity contribution in [3.05, 3.63) is 44.9 Å². The Morgan fingerprint density at radius 3 is 1.85 bits per heavy atom. The lowest BCUT2D eigenvalue weighted by Gasteiger charge is -2.40. The Hall–Kier alpha value is -1.29. The summed E-state index contributed by atoms with van der Waals surface area (Å²) >= 11 is 3.69. The van der Waals surface area contributed by atoms with Gasteiger partial charge in [0.1, 0.15) is 11.5 Å². The predicted octanol–water partition coefficient (Wildman–Crippen LogP) is 6.47. The van der Waals surface area contributed by atoms with Gasteiger partial charge in [-0.3, -0.25) is 4.79 Å². The highest BCUT2D eigenvalue weighted by Crippen LogP contribution is 2.52. The van der Waals surface area contributed by atoms with Crippen molar-refractivity contribution in [2.24, 2.45) is 11.3 Å². The van der Waals surface area contributed by atoms with E-state index >= 15 is 0 Å². The molecule has 1 aliphatic rings. The van der Waals surface area contributed by atoms with Crippen LogP contribution in [0.5, 0.6) is 0 Å². The molecule has 0 unspecified atom stereocenters. The number of halogens is 1. The summed E-state index contributed by atoms with van der Waals surface area (Å²) < 4.78 is 12.7. The molecule has 0 radical (unpaired) electrons. The fourth-order valence-electron chi connectivity index (χ4n) is 3.35. The normalized spacial score (nSPS) is 16.5. The molecule has 0 aliphatic heterocycles. The molecule has 1 aliphatic carbocycles. The molecule has 0 spiro atoms. The lowest BCUT2D eigenvalue weighted by molar-refractivity contribution is -0.118. The molecule has 0 saturated heterocycles. The first kappa shape index (κ1) is 22.8. The summed E-state index contributed by atoms with van der Waals surface area (Å²) in [5.41, 5.74) is 2.69. The first-order valence-electron chi connectivity index (χ1n) is 9.12. The number of carbonyl (C=O) groups is 1. The molecule has 4 heteroatoms. The minimum absolute atomic E-state index is 0.0795. The van der Waals surface area contributed by atoms with Crippen molar-refractivity contribution in [2.45, 2.75) is 60.8 Å². The third-order valence-corrected chi connectivity index (χ3v) is 5.31. The van der Waals surface area contributed by atoms with E-state index in [4.69, 9.17) is 9.47 Å². The van der Waals surface area contributed by atoms with Gasteiger partial charge in [-0.1, -0.05) is 53.1 Å². The number of carbonyl (C=O) groups excluding carboxylic acids is 1. The molecule has 0 bridgehead atoms. The van der Waals surface area contributed by atoms with Gasteiger partial charge in [0.05, 0.1) is 19.6 Å². The molecule has 0 aromatic carbocycles. The van der Waals surface area contributed by atoms with E-state index in [1.807, 2.05) is 13.8 Å². The summed E-state index contributed by atoms with van der Waals surface area (Å²) in [5.74, 6) is 1.65. The van der Waals surface area contributed by atoms with Crippen LogP contribution in [0.3, 0.4) is 0 Å². The van der Waals surface area contributed by atoms with Gasteiger partial charge in [0, 0.05) is 22.4 Å². The first-order valence-corrected chi connectivity index (χ1v) is 9.91. The minimum atomic E-state index is -0.519. The third kappa shape index (κ3) is 4.91. The smallest absolute Gasteiger partial charge is 0.165 e. The van der Waals surface area contributed by atoms with Crippen LogP contribution < -0.4 is 0 Å². The average Bonchev–Trinajstić information content (AvgIpc) is 2.56. The van der Waals surface area contributed by atoms with Crippen LogP contribution in [0.4, 0.5) is 0 Å². The molecular weight excluding hydrogens is 392 g/mol. The topological polar surface area (TPSA) is 35.5 Å². The van der Waals surface area contributed by atoms with Crippen molar-refractivity contribution >= 4 is 21.7 Å². The minimum Gasteiger partial charge on any atom is -0.500 e. The lowest BCUT2D eigenvalue weighted by Crippen LogP contribution is -2.34. The molecule has 0 aromatic heterocycles. The van der Waals surface area contributed by atoms with E-state index in [1.54, 1.807) is 14.2 Å². The summed E-state index contributed by atoms with van der Waals surface area (Å²) in [7, 11) is 3.36. The van der Waals surface area contributed by atoms with Crippen LogP contribution in [-0.4, -0.2) is 20.0 Å². The molecule has 3 nitrogen and oxygen atoms in total. The quantitative estimate of drug-likeness (QED) is 0.418. The van der Waals surface area contributed by atoms with Crippen LogP contribution >= 0.6 is 15.9 Å². The Morgan fingerprint density at radius 2 is 1.50 bits per heavy atom. The number of ether oxygens (including phenoxy) is 2. The second-order valence-corrected chi connectivity index (χ2v) is 8.66. The molecule has 0 atom stereocenters. The molecule has 0 fully saturated rings. The van der Waals surface area contributed by atoms with Crippen LogP contribution in [0.1, 0.15) is 60.8 Å². The Balaban J connectivity index is 3.75. The van der Waals surface area contributed by atoms with Gasteiger partial charge >= 0.3 is 0 Å². The molecule has 146 valence electrons. The van der Waals surface area contributed by atoms with E-state index < -0.39 is 5.41 Å². The largest absolute Gasteiger partial charge is 0.500 e. The number of hydrogen-bond donors (Lipinski definition) is 0. The number of allylic oxidation sites excluding steroid dienone is 6. The monoisotopic (exact) mass is 424 g/mol. The van der Waals surface area contributed by atoms with E-state index in [1.165, 1.54) is 11.1 Å². The van der Waals surface area contributed by atoms with E-state index in [9.17, 15) is 4.79 Å². The van der Waals surface area contributed by atoms with Crippen LogP contribution in [0, 0.1) is 11.3 Å². The number of Topliss-reactive ketones (excluding diaryl/α,β-unsaturated/α-hetero) is 1. The highest BCUT2D eigenvalue weighted by atomic mass is 79.9. The zero-order valence-corrected chi connectivity index (χ0v) is 19.0. The maximum Gasteiger partial charge on any atom is 0.165 e. The Bertz CT molecular complexity index is 635. The molecule has 26 heavy (non-hydrogen) atoms. The van der Waals surface area contributed by atoms with Crippen LogP contribution in [0.25, 0.3) is 0 Å². The number of hydrogen-bond acceptors (Lipinski definition) is 3. The SMILES string of the molecule is COC1=C(Br)CC(C(=O)C(C)C)=C(OC)C1(CC=C(C)C)CC=C(C)C. The van der Waals surface area contributed by atoms with Crippen LogP contribution in [0.2, 0.25) is 0 Å². The second-order valence-electron chi connectivity index (χ2n) is 7.70. The number of rotatable bonds is 8. The standard InChI is InChI=1S/C22H33BrO3/c1-14(2)9-11-22(12-10-15(3)4)20(25-7)17(19(24)16(5)6)13-18(23)21(22)26-8/h9-10,16H,11-13H2,1-8H3. The Morgan fingerprint density at radius 1 is 1.04 bits per heavy atom. The molecule has 0 heterocycles. The number of methoxy groups -OCH3 is 2. The summed E-state index contributed by atoms with van der Waals surface area (Å²) in [6.07, 6.45) is 6.33. The third-order valence-electron chi connectivity index (χ3n) is 4.67. The predicted molar refractivity (Wildman–Crippen MR) is 112 cm³/mol. The van der Waals surface area contributed by atoms with Crippen molar-refractivity contribution < 1.29 is 14.3 Å². The fourth-order valence-corrected chi connectivity index (χ4v) is 4.17. The van der Waals surface area contributed by atoms with Gasteiger partial charge < -0.3 is 9.47 Å². The second kappa shape index (κ2) is 9.59. The summed E-state index contributed by atoms with van der Waals surface area (Å²) in [6, 6.07) is 0. The summed E-state index contributed by atoms with van der Waals surface area (Å²) in [5, 5.41) is 0. The van der Waals surface area contributed by atoms with Gasteiger partial charge in [0.25, 0.3) is 0 Å². The molecule has 0 amide bonds. The maximum absolute atomic E-state index is 12.9. The van der Waals surface area contributed by atoms with Gasteiger partial charge in [-0.2, -0.15) is 0 Å². The van der Waals surface area contributed by atoms with E-state index in [0.29, 0.717) is 6.42 Å². The van der Waals surface area contributed by atoms with Gasteiger partial charge in [-0.25, -0.2) is 0 Å². The molecular formula is C22H33BrO3. The van der Waals surface area contributed by atoms with E-state index in [0.717, 1.165) is 34.4 Å². The first-order chi connectivity index (χ1) is 12.1. The molecule has 0 N–H and O–H groups in total. The summed E-state index contributed by atoms with van der Waals surface area (Å²) in [6.45, 7) is 12.2. The van der Waals surface area contributed by atoms with Crippen molar-refractivity contribution in [1.29, 1.82) is 0 Å². The highest BCUT2D eigenvalue weighted by molar-refractivity contribution is 9.11. The highest BCUT2D eigenvalue weighted by Gasteiger charge is 2.46. The lowest BCUT2D eigenvalue weighted by atomic mass is 9.70. The summed E-state index contributed by atoms with van der Waals surface area (Å²) in [4.78, 5) is 12.9. The maximum atomic E-state index is 12.9. The number of ketones is 1. The van der Waals surface area contributed by atoms with Crippen molar-refractivity contribution in [3.8, 4) is 0 Å². The van der Waals surface area contributed by atoms with Crippen LogP contribution in [-0.2, 0) is 14.3 Å². The van der Waals surface area contributed by atoms with Gasteiger partial charge in [-0.15, -0.1) is 0 Å². The van der Waals surface area contributed by atoms with Gasteiger partial charge in [0.15, 0.2) is 5.78 Å².